The quantitative estimate of drug-likeness (QED) is 0.345. The third kappa shape index (κ3) is 6.24. The van der Waals surface area contributed by atoms with E-state index in [0.29, 0.717) is 36.5 Å². The summed E-state index contributed by atoms with van der Waals surface area (Å²) in [6, 6.07) is 0. The molecule has 0 bridgehead atoms. The Morgan fingerprint density at radius 1 is 1.18 bits per heavy atom. The lowest BCUT2D eigenvalue weighted by Gasteiger charge is -2.44. The molecular weight excluding hydrogens is 424 g/mol. The fourth-order valence-corrected chi connectivity index (χ4v) is 7.50. The molecule has 194 valence electrons. The van der Waals surface area contributed by atoms with Crippen LogP contribution in [0.2, 0.25) is 0 Å². The van der Waals surface area contributed by atoms with Crippen LogP contribution < -0.4 is 0 Å². The van der Waals surface area contributed by atoms with Crippen molar-refractivity contribution >= 4 is 0 Å². The molecule has 0 aliphatic heterocycles. The summed E-state index contributed by atoms with van der Waals surface area (Å²) in [7, 11) is 0. The van der Waals surface area contributed by atoms with Crippen LogP contribution >= 0.6 is 0 Å². The van der Waals surface area contributed by atoms with Gasteiger partial charge in [-0.1, -0.05) is 51.0 Å². The van der Waals surface area contributed by atoms with E-state index in [-0.39, 0.29) is 12.5 Å². The Morgan fingerprint density at radius 3 is 2.59 bits per heavy atom. The molecule has 0 aromatic rings. The number of rotatable bonds is 9. The van der Waals surface area contributed by atoms with Crippen molar-refractivity contribution in [3.8, 4) is 0 Å². The number of aliphatic hydroxyl groups excluding tert-OH is 3. The second-order valence-corrected chi connectivity index (χ2v) is 12.5. The van der Waals surface area contributed by atoms with Crippen LogP contribution in [0.3, 0.4) is 0 Å². The molecule has 0 radical (unpaired) electrons. The predicted molar refractivity (Wildman–Crippen MR) is 139 cm³/mol. The zero-order valence-corrected chi connectivity index (χ0v) is 22.1. The van der Waals surface area contributed by atoms with E-state index in [1.165, 1.54) is 37.7 Å². The van der Waals surface area contributed by atoms with Crippen LogP contribution in [0.1, 0.15) is 98.3 Å². The van der Waals surface area contributed by atoms with Gasteiger partial charge in [-0.3, -0.25) is 0 Å². The highest BCUT2D eigenvalue weighted by atomic mass is 16.3. The standard InChI is InChI=1S/C30H50O4/c1-20(9-6-16-29(3,4)34)25-14-15-26-22(10-7-17-30(25,26)5)12-13-23-19-27(32)24(11-8-18-31)28(33)21(23)2/h12-13,20,24-28,31-34H,2,6-11,14-19H2,1,3-5H3/b22-12+,23-13-/t20-,24-,25+,26-,27+,28+,30+/m0/s1. The van der Waals surface area contributed by atoms with Crippen LogP contribution in [0.4, 0.5) is 0 Å². The third-order valence-corrected chi connectivity index (χ3v) is 9.47. The molecule has 0 aromatic heterocycles. The monoisotopic (exact) mass is 474 g/mol. The number of allylic oxidation sites excluding steroid dienone is 3. The first-order chi connectivity index (χ1) is 16.0. The Kier molecular flexibility index (Phi) is 9.28. The normalized spacial score (nSPS) is 37.9. The second-order valence-electron chi connectivity index (χ2n) is 12.5. The molecule has 3 aliphatic carbocycles. The van der Waals surface area contributed by atoms with Crippen molar-refractivity contribution < 1.29 is 20.4 Å². The maximum absolute atomic E-state index is 10.7. The summed E-state index contributed by atoms with van der Waals surface area (Å²) in [6.45, 7) is 13.0. The molecule has 3 rings (SSSR count). The minimum absolute atomic E-state index is 0.0798. The van der Waals surface area contributed by atoms with Crippen molar-refractivity contribution in [2.45, 2.75) is 116 Å². The minimum Gasteiger partial charge on any atom is -0.396 e. The van der Waals surface area contributed by atoms with Gasteiger partial charge in [-0.25, -0.2) is 0 Å². The van der Waals surface area contributed by atoms with Gasteiger partial charge in [0.2, 0.25) is 0 Å². The van der Waals surface area contributed by atoms with Gasteiger partial charge < -0.3 is 20.4 Å². The van der Waals surface area contributed by atoms with Gasteiger partial charge in [0.25, 0.3) is 0 Å². The van der Waals surface area contributed by atoms with Crippen LogP contribution in [0.5, 0.6) is 0 Å². The molecule has 4 N–H and O–H groups in total. The van der Waals surface area contributed by atoms with Gasteiger partial charge in [-0.2, -0.15) is 0 Å². The zero-order chi connectivity index (χ0) is 25.1. The van der Waals surface area contributed by atoms with Gasteiger partial charge >= 0.3 is 0 Å². The zero-order valence-electron chi connectivity index (χ0n) is 22.1. The predicted octanol–water partition coefficient (Wildman–Crippen LogP) is 5.70. The van der Waals surface area contributed by atoms with E-state index >= 15 is 0 Å². The average molecular weight is 475 g/mol. The molecule has 34 heavy (non-hydrogen) atoms. The average Bonchev–Trinajstić information content (AvgIpc) is 3.12. The summed E-state index contributed by atoms with van der Waals surface area (Å²) in [6.07, 6.45) is 14.2. The topological polar surface area (TPSA) is 80.9 Å². The maximum Gasteiger partial charge on any atom is 0.0839 e. The summed E-state index contributed by atoms with van der Waals surface area (Å²) in [5, 5.41) is 40.6. The molecule has 0 heterocycles. The molecule has 7 atom stereocenters. The first-order valence-electron chi connectivity index (χ1n) is 13.8. The van der Waals surface area contributed by atoms with Crippen LogP contribution in [-0.4, -0.2) is 44.8 Å². The molecule has 0 unspecified atom stereocenters. The van der Waals surface area contributed by atoms with Gasteiger partial charge in [0.1, 0.15) is 0 Å². The van der Waals surface area contributed by atoms with Crippen molar-refractivity contribution in [1.82, 2.24) is 0 Å². The SMILES string of the molecule is C=C1/C(=C\C=C2/CCC[C@]3(C)[C@@H]([C@@H](C)CCCC(C)(C)O)CC[C@@H]23)C[C@@H](O)[C@H](CCCO)[C@@H]1O. The van der Waals surface area contributed by atoms with E-state index in [9.17, 15) is 15.3 Å². The smallest absolute Gasteiger partial charge is 0.0839 e. The highest BCUT2D eigenvalue weighted by Crippen LogP contribution is 2.60. The minimum atomic E-state index is -0.739. The highest BCUT2D eigenvalue weighted by Gasteiger charge is 2.50. The lowest BCUT2D eigenvalue weighted by Crippen LogP contribution is -2.38. The molecule has 3 aliphatic rings. The lowest BCUT2D eigenvalue weighted by atomic mass is 9.60. The van der Waals surface area contributed by atoms with E-state index in [1.807, 2.05) is 13.8 Å². The Hall–Kier alpha value is -0.940. The van der Waals surface area contributed by atoms with E-state index in [1.54, 1.807) is 0 Å². The van der Waals surface area contributed by atoms with Crippen molar-refractivity contribution in [3.63, 3.8) is 0 Å². The van der Waals surface area contributed by atoms with Gasteiger partial charge in [0.05, 0.1) is 17.8 Å². The van der Waals surface area contributed by atoms with Crippen molar-refractivity contribution in [2.24, 2.45) is 29.1 Å². The maximum atomic E-state index is 10.7. The molecule has 4 heteroatoms. The second kappa shape index (κ2) is 11.4. The summed E-state index contributed by atoms with van der Waals surface area (Å²) in [5.74, 6) is 1.78. The molecule has 0 spiro atoms. The highest BCUT2D eigenvalue weighted by molar-refractivity contribution is 5.39. The fraction of sp³-hybridized carbons (Fsp3) is 0.800. The van der Waals surface area contributed by atoms with E-state index < -0.39 is 17.8 Å². The van der Waals surface area contributed by atoms with E-state index in [0.717, 1.165) is 36.3 Å². The fourth-order valence-electron chi connectivity index (χ4n) is 7.50. The van der Waals surface area contributed by atoms with Crippen molar-refractivity contribution in [1.29, 1.82) is 0 Å². The Labute approximate surface area is 207 Å². The summed E-state index contributed by atoms with van der Waals surface area (Å²) < 4.78 is 0. The number of hydrogen-bond donors (Lipinski definition) is 4. The van der Waals surface area contributed by atoms with Crippen molar-refractivity contribution in [3.05, 3.63) is 35.5 Å². The summed E-state index contributed by atoms with van der Waals surface area (Å²) in [4.78, 5) is 0. The molecule has 3 saturated carbocycles. The Balaban J connectivity index is 1.69. The van der Waals surface area contributed by atoms with Gasteiger partial charge in [0.15, 0.2) is 0 Å². The molecule has 0 saturated heterocycles. The van der Waals surface area contributed by atoms with E-state index in [2.05, 4.69) is 32.6 Å². The Bertz CT molecular complexity index is 760. The molecule has 0 amide bonds. The van der Waals surface area contributed by atoms with Crippen LogP contribution in [0.25, 0.3) is 0 Å². The van der Waals surface area contributed by atoms with Crippen LogP contribution in [-0.2, 0) is 0 Å². The summed E-state index contributed by atoms with van der Waals surface area (Å²) in [5.41, 5.74) is 3.00. The molecule has 0 aromatic carbocycles. The molecule has 4 nitrogen and oxygen atoms in total. The largest absolute Gasteiger partial charge is 0.396 e. The first-order valence-corrected chi connectivity index (χ1v) is 13.8. The van der Waals surface area contributed by atoms with Gasteiger partial charge in [-0.15, -0.1) is 0 Å². The van der Waals surface area contributed by atoms with E-state index in [4.69, 9.17) is 5.11 Å². The first kappa shape index (κ1) is 27.6. The van der Waals surface area contributed by atoms with Crippen molar-refractivity contribution in [2.75, 3.05) is 6.61 Å². The van der Waals surface area contributed by atoms with Crippen LogP contribution in [0, 0.1) is 29.1 Å². The Morgan fingerprint density at radius 2 is 1.91 bits per heavy atom. The summed E-state index contributed by atoms with van der Waals surface area (Å²) >= 11 is 0. The molecular formula is C30H50O4. The number of fused-ring (bicyclic) bond motifs is 1. The molecule has 3 fully saturated rings. The van der Waals surface area contributed by atoms with Crippen LogP contribution in [0.15, 0.2) is 35.5 Å². The lowest BCUT2D eigenvalue weighted by molar-refractivity contribution is 0.0112. The third-order valence-electron chi connectivity index (χ3n) is 9.47. The van der Waals surface area contributed by atoms with Gasteiger partial charge in [-0.05, 0) is 106 Å². The van der Waals surface area contributed by atoms with Gasteiger partial charge in [0, 0.05) is 12.5 Å². The number of aliphatic hydroxyl groups is 4. The number of hydrogen-bond acceptors (Lipinski definition) is 4.